The van der Waals surface area contributed by atoms with Crippen molar-refractivity contribution in [2.24, 2.45) is 13.0 Å². The van der Waals surface area contributed by atoms with Crippen LogP contribution >= 0.6 is 0 Å². The first-order chi connectivity index (χ1) is 12.7. The molecule has 0 N–H and O–H groups in total. The van der Waals surface area contributed by atoms with Crippen LogP contribution in [0.15, 0.2) is 41.8 Å². The quantitative estimate of drug-likeness (QED) is 0.771. The topological polar surface area (TPSA) is 55.2 Å². The highest BCUT2D eigenvalue weighted by Crippen LogP contribution is 2.33. The molecule has 1 atom stereocenters. The summed E-state index contributed by atoms with van der Waals surface area (Å²) in [5.74, 6) is 0.0264. The third-order valence-corrected chi connectivity index (χ3v) is 6.66. The highest BCUT2D eigenvalue weighted by molar-refractivity contribution is 7.89. The Balaban J connectivity index is 1.68. The highest BCUT2D eigenvalue weighted by Gasteiger charge is 2.34. The molecular weight excluding hydrogens is 379 g/mol. The minimum Gasteiger partial charge on any atom is -0.339 e. The van der Waals surface area contributed by atoms with Gasteiger partial charge in [0.15, 0.2) is 5.03 Å². The summed E-state index contributed by atoms with van der Waals surface area (Å²) in [4.78, 5) is 3.93. The summed E-state index contributed by atoms with van der Waals surface area (Å²) in [5, 5.41) is 0.00747. The summed E-state index contributed by atoms with van der Waals surface area (Å²) in [7, 11) is -1.97. The standard InChI is InChI=1S/C18H22F3N3O2S/c1-23-12-17(22-13-23)27(25,26)24-10-4-5-14(11-24)8-9-15-6-2-3-7-16(15)18(19,20)21/h2-3,6-7,12-14H,4-5,8-11H2,1H3. The number of nitrogens with zero attached hydrogens (tertiary/aromatic N) is 3. The molecule has 0 amide bonds. The van der Waals surface area contributed by atoms with Gasteiger partial charge in [-0.1, -0.05) is 18.2 Å². The number of piperidine rings is 1. The maximum absolute atomic E-state index is 13.1. The van der Waals surface area contributed by atoms with Gasteiger partial charge in [-0.2, -0.15) is 17.5 Å². The molecule has 1 unspecified atom stereocenters. The van der Waals surface area contributed by atoms with Gasteiger partial charge < -0.3 is 4.57 Å². The minimum atomic E-state index is -4.38. The Morgan fingerprint density at radius 2 is 2.00 bits per heavy atom. The fourth-order valence-electron chi connectivity index (χ4n) is 3.51. The van der Waals surface area contributed by atoms with Crippen molar-refractivity contribution >= 4 is 10.0 Å². The Hall–Kier alpha value is -1.87. The molecule has 0 saturated carbocycles. The van der Waals surface area contributed by atoms with E-state index in [-0.39, 0.29) is 22.9 Å². The van der Waals surface area contributed by atoms with E-state index in [0.29, 0.717) is 25.9 Å². The molecule has 1 aliphatic rings. The number of hydrogen-bond acceptors (Lipinski definition) is 3. The smallest absolute Gasteiger partial charge is 0.339 e. The van der Waals surface area contributed by atoms with E-state index >= 15 is 0 Å². The van der Waals surface area contributed by atoms with Crippen molar-refractivity contribution in [3.63, 3.8) is 0 Å². The molecular formula is C18H22F3N3O2S. The summed E-state index contributed by atoms with van der Waals surface area (Å²) < 4.78 is 67.8. The predicted molar refractivity (Wildman–Crippen MR) is 94.5 cm³/mol. The van der Waals surface area contributed by atoms with E-state index in [1.807, 2.05) is 0 Å². The van der Waals surface area contributed by atoms with Gasteiger partial charge in [0.2, 0.25) is 0 Å². The molecule has 0 radical (unpaired) electrons. The number of alkyl halides is 3. The first kappa shape index (κ1) is 19.9. The Morgan fingerprint density at radius 1 is 1.26 bits per heavy atom. The molecule has 1 fully saturated rings. The SMILES string of the molecule is Cn1cnc(S(=O)(=O)N2CCCC(CCc3ccccc3C(F)(F)F)C2)c1. The molecule has 0 bridgehead atoms. The van der Waals surface area contributed by atoms with Crippen molar-refractivity contribution in [3.8, 4) is 0 Å². The minimum absolute atomic E-state index is 0.00747. The number of halogens is 3. The lowest BCUT2D eigenvalue weighted by atomic mass is 9.91. The van der Waals surface area contributed by atoms with Gasteiger partial charge >= 0.3 is 6.18 Å². The number of hydrogen-bond donors (Lipinski definition) is 0. The summed E-state index contributed by atoms with van der Waals surface area (Å²) in [6, 6.07) is 5.57. The zero-order valence-corrected chi connectivity index (χ0v) is 15.8. The van der Waals surface area contributed by atoms with E-state index in [0.717, 1.165) is 12.5 Å². The van der Waals surface area contributed by atoms with Gasteiger partial charge in [0.1, 0.15) is 0 Å². The number of benzene rings is 1. The lowest BCUT2D eigenvalue weighted by molar-refractivity contribution is -0.138. The maximum Gasteiger partial charge on any atom is 0.416 e. The molecule has 0 spiro atoms. The highest BCUT2D eigenvalue weighted by atomic mass is 32.2. The van der Waals surface area contributed by atoms with Crippen molar-refractivity contribution in [2.75, 3.05) is 13.1 Å². The van der Waals surface area contributed by atoms with Crippen LogP contribution < -0.4 is 0 Å². The number of imidazole rings is 1. The van der Waals surface area contributed by atoms with Gasteiger partial charge in [0.25, 0.3) is 10.0 Å². The number of aryl methyl sites for hydroxylation is 2. The number of sulfonamides is 1. The van der Waals surface area contributed by atoms with E-state index in [4.69, 9.17) is 0 Å². The average Bonchev–Trinajstić information content (AvgIpc) is 3.07. The fraction of sp³-hybridized carbons (Fsp3) is 0.500. The van der Waals surface area contributed by atoms with Crippen LogP contribution in [0.3, 0.4) is 0 Å². The molecule has 1 aromatic heterocycles. The molecule has 2 aromatic rings. The second kappa shape index (κ2) is 7.63. The van der Waals surface area contributed by atoms with Crippen molar-refractivity contribution < 1.29 is 21.6 Å². The Kier molecular flexibility index (Phi) is 5.62. The average molecular weight is 401 g/mol. The van der Waals surface area contributed by atoms with E-state index in [2.05, 4.69) is 4.98 Å². The molecule has 5 nitrogen and oxygen atoms in total. The second-order valence-electron chi connectivity index (χ2n) is 6.94. The van der Waals surface area contributed by atoms with Crippen LogP contribution in [0.25, 0.3) is 0 Å². The molecule has 27 heavy (non-hydrogen) atoms. The van der Waals surface area contributed by atoms with E-state index in [1.165, 1.54) is 29.0 Å². The van der Waals surface area contributed by atoms with Crippen LogP contribution in [0.4, 0.5) is 13.2 Å². The van der Waals surface area contributed by atoms with Gasteiger partial charge in [-0.3, -0.25) is 0 Å². The normalized spacial score (nSPS) is 19.3. The van der Waals surface area contributed by atoms with Crippen LogP contribution in [0.2, 0.25) is 0 Å². The summed E-state index contributed by atoms with van der Waals surface area (Å²) in [6.07, 6.45) is 0.803. The first-order valence-electron chi connectivity index (χ1n) is 8.81. The van der Waals surface area contributed by atoms with Gasteiger partial charge in [-0.05, 0) is 43.2 Å². The maximum atomic E-state index is 13.1. The monoisotopic (exact) mass is 401 g/mol. The fourth-order valence-corrected chi connectivity index (χ4v) is 5.03. The lowest BCUT2D eigenvalue weighted by Crippen LogP contribution is -2.40. The van der Waals surface area contributed by atoms with Crippen molar-refractivity contribution in [3.05, 3.63) is 47.9 Å². The third-order valence-electron chi connectivity index (χ3n) is 4.91. The van der Waals surface area contributed by atoms with Crippen LogP contribution in [-0.4, -0.2) is 35.4 Å². The summed E-state index contributed by atoms with van der Waals surface area (Å²) >= 11 is 0. The second-order valence-corrected chi connectivity index (χ2v) is 8.83. The molecule has 1 saturated heterocycles. The van der Waals surface area contributed by atoms with Gasteiger partial charge in [-0.25, -0.2) is 13.4 Å². The third kappa shape index (κ3) is 4.52. The number of rotatable bonds is 5. The van der Waals surface area contributed by atoms with E-state index < -0.39 is 21.8 Å². The largest absolute Gasteiger partial charge is 0.416 e. The molecule has 148 valence electrons. The van der Waals surface area contributed by atoms with Crippen LogP contribution in [0.1, 0.15) is 30.4 Å². The Morgan fingerprint density at radius 3 is 2.67 bits per heavy atom. The Labute approximate surface area is 156 Å². The van der Waals surface area contributed by atoms with Crippen LogP contribution in [-0.2, 0) is 29.7 Å². The van der Waals surface area contributed by atoms with Gasteiger partial charge in [0.05, 0.1) is 11.9 Å². The van der Waals surface area contributed by atoms with Crippen LogP contribution in [0.5, 0.6) is 0 Å². The van der Waals surface area contributed by atoms with Gasteiger partial charge in [-0.15, -0.1) is 0 Å². The molecule has 1 aliphatic heterocycles. The van der Waals surface area contributed by atoms with Crippen molar-refractivity contribution in [2.45, 2.75) is 36.9 Å². The summed E-state index contributed by atoms with van der Waals surface area (Å²) in [5.41, 5.74) is -0.353. The Bertz CT molecular complexity index is 893. The lowest BCUT2D eigenvalue weighted by Gasteiger charge is -2.31. The van der Waals surface area contributed by atoms with Crippen LogP contribution in [0, 0.1) is 5.92 Å². The summed E-state index contributed by atoms with van der Waals surface area (Å²) in [6.45, 7) is 0.724. The number of aromatic nitrogens is 2. The predicted octanol–water partition coefficient (Wildman–Crippen LogP) is 3.47. The van der Waals surface area contributed by atoms with Crippen molar-refractivity contribution in [1.82, 2.24) is 13.9 Å². The van der Waals surface area contributed by atoms with E-state index in [9.17, 15) is 21.6 Å². The van der Waals surface area contributed by atoms with E-state index in [1.54, 1.807) is 17.7 Å². The zero-order chi connectivity index (χ0) is 19.7. The zero-order valence-electron chi connectivity index (χ0n) is 15.0. The molecule has 9 heteroatoms. The molecule has 1 aromatic carbocycles. The molecule has 2 heterocycles. The van der Waals surface area contributed by atoms with Gasteiger partial charge in [0, 0.05) is 26.3 Å². The van der Waals surface area contributed by atoms with Crippen molar-refractivity contribution in [1.29, 1.82) is 0 Å². The molecule has 0 aliphatic carbocycles. The molecule has 3 rings (SSSR count). The first-order valence-corrected chi connectivity index (χ1v) is 10.2.